The van der Waals surface area contributed by atoms with Crippen LogP contribution in [0.4, 0.5) is 5.69 Å². The van der Waals surface area contributed by atoms with Gasteiger partial charge in [-0.2, -0.15) is 5.10 Å². The first-order valence-corrected chi connectivity index (χ1v) is 4.06. The van der Waals surface area contributed by atoms with Crippen LogP contribution in [0.5, 0.6) is 0 Å². The molecule has 3 nitrogen and oxygen atoms in total. The zero-order chi connectivity index (χ0) is 7.84. The molecule has 0 radical (unpaired) electrons. The Morgan fingerprint density at radius 3 is 2.73 bits per heavy atom. The van der Waals surface area contributed by atoms with Crippen LogP contribution < -0.4 is 5.73 Å². The van der Waals surface area contributed by atoms with Gasteiger partial charge in [-0.1, -0.05) is 6.42 Å². The van der Waals surface area contributed by atoms with Gasteiger partial charge in [-0.25, -0.2) is 0 Å². The number of hydrogen-bond acceptors (Lipinski definition) is 2. The molecule has 1 heterocycles. The Labute approximate surface area is 66.2 Å². The van der Waals surface area contributed by atoms with Gasteiger partial charge in [0.1, 0.15) is 0 Å². The molecule has 0 spiro atoms. The molecule has 60 valence electrons. The van der Waals surface area contributed by atoms with Gasteiger partial charge in [0.15, 0.2) is 0 Å². The maximum atomic E-state index is 5.77. The molecule has 2 N–H and O–H groups in total. The Kier molecular flexibility index (Phi) is 1.37. The first kappa shape index (κ1) is 6.70. The second-order valence-electron chi connectivity index (χ2n) is 3.24. The van der Waals surface area contributed by atoms with Crippen LogP contribution >= 0.6 is 0 Å². The number of aromatic nitrogens is 2. The summed E-state index contributed by atoms with van der Waals surface area (Å²) in [5.74, 6) is 0.683. The summed E-state index contributed by atoms with van der Waals surface area (Å²) in [6.07, 6.45) is 5.65. The van der Waals surface area contributed by atoms with E-state index in [9.17, 15) is 0 Å². The molecular weight excluding hydrogens is 138 g/mol. The Bertz CT molecular complexity index is 241. The highest BCUT2D eigenvalue weighted by Crippen LogP contribution is 2.38. The maximum Gasteiger partial charge on any atom is 0.0735 e. The molecule has 11 heavy (non-hydrogen) atoms. The highest BCUT2D eigenvalue weighted by molar-refractivity contribution is 5.43. The fourth-order valence-electron chi connectivity index (χ4n) is 1.65. The Hall–Kier alpha value is -0.990. The molecule has 0 atom stereocenters. The lowest BCUT2D eigenvalue weighted by molar-refractivity contribution is 0.398. The van der Waals surface area contributed by atoms with E-state index < -0.39 is 0 Å². The lowest BCUT2D eigenvalue weighted by Crippen LogP contribution is -2.14. The van der Waals surface area contributed by atoms with E-state index in [1.54, 1.807) is 6.20 Å². The zero-order valence-corrected chi connectivity index (χ0v) is 6.75. The minimum atomic E-state index is 0.683. The number of nitrogens with two attached hydrogens (primary N) is 1. The van der Waals surface area contributed by atoms with Crippen molar-refractivity contribution in [1.82, 2.24) is 9.78 Å². The largest absolute Gasteiger partial charge is 0.396 e. The van der Waals surface area contributed by atoms with Crippen LogP contribution in [0.2, 0.25) is 0 Å². The third-order valence-corrected chi connectivity index (χ3v) is 2.51. The molecule has 0 bridgehead atoms. The Morgan fingerprint density at radius 1 is 1.64 bits per heavy atom. The van der Waals surface area contributed by atoms with Crippen molar-refractivity contribution in [1.29, 1.82) is 0 Å². The van der Waals surface area contributed by atoms with E-state index in [1.807, 2.05) is 11.7 Å². The van der Waals surface area contributed by atoms with Crippen LogP contribution in [0, 0.1) is 0 Å². The molecule has 0 aromatic carbocycles. The number of aryl methyl sites for hydroxylation is 1. The lowest BCUT2D eigenvalue weighted by atomic mass is 9.82. The van der Waals surface area contributed by atoms with E-state index in [4.69, 9.17) is 5.73 Å². The van der Waals surface area contributed by atoms with Crippen molar-refractivity contribution in [3.05, 3.63) is 11.9 Å². The average molecular weight is 151 g/mol. The Balaban J connectivity index is 2.33. The van der Waals surface area contributed by atoms with E-state index >= 15 is 0 Å². The van der Waals surface area contributed by atoms with Gasteiger partial charge in [-0.05, 0) is 12.8 Å². The van der Waals surface area contributed by atoms with Gasteiger partial charge in [-0.15, -0.1) is 0 Å². The standard InChI is InChI=1S/C8H13N3/c1-11-8(6-3-2-4-6)7(9)5-10-11/h5-6H,2-4,9H2,1H3. The summed E-state index contributed by atoms with van der Waals surface area (Å²) in [6.45, 7) is 0. The van der Waals surface area contributed by atoms with Gasteiger partial charge in [-0.3, -0.25) is 4.68 Å². The molecule has 3 heteroatoms. The molecule has 1 aliphatic carbocycles. The monoisotopic (exact) mass is 151 g/mol. The van der Waals surface area contributed by atoms with Crippen LogP contribution in [-0.2, 0) is 7.05 Å². The van der Waals surface area contributed by atoms with Crippen LogP contribution in [0.25, 0.3) is 0 Å². The van der Waals surface area contributed by atoms with E-state index in [-0.39, 0.29) is 0 Å². The number of hydrogen-bond donors (Lipinski definition) is 1. The minimum absolute atomic E-state index is 0.683. The average Bonchev–Trinajstić information content (AvgIpc) is 2.15. The van der Waals surface area contributed by atoms with Crippen LogP contribution in [0.1, 0.15) is 30.9 Å². The number of nitrogens with zero attached hydrogens (tertiary/aromatic N) is 2. The van der Waals surface area contributed by atoms with Gasteiger partial charge >= 0.3 is 0 Å². The number of nitrogen functional groups attached to an aromatic ring is 1. The predicted octanol–water partition coefficient (Wildman–Crippen LogP) is 1.27. The fraction of sp³-hybridized carbons (Fsp3) is 0.625. The lowest BCUT2D eigenvalue weighted by Gasteiger charge is -2.25. The fourth-order valence-corrected chi connectivity index (χ4v) is 1.65. The highest BCUT2D eigenvalue weighted by Gasteiger charge is 2.24. The van der Waals surface area contributed by atoms with Crippen molar-refractivity contribution in [3.63, 3.8) is 0 Å². The normalized spacial score (nSPS) is 18.3. The third-order valence-electron chi connectivity index (χ3n) is 2.51. The smallest absolute Gasteiger partial charge is 0.0735 e. The second kappa shape index (κ2) is 2.26. The first-order valence-electron chi connectivity index (χ1n) is 4.06. The third kappa shape index (κ3) is 0.914. The first-order chi connectivity index (χ1) is 5.29. The van der Waals surface area contributed by atoms with E-state index in [1.165, 1.54) is 25.0 Å². The Morgan fingerprint density at radius 2 is 2.36 bits per heavy atom. The van der Waals surface area contributed by atoms with Crippen LogP contribution in [0.15, 0.2) is 6.20 Å². The van der Waals surface area contributed by atoms with Crippen molar-refractivity contribution in [2.45, 2.75) is 25.2 Å². The quantitative estimate of drug-likeness (QED) is 0.656. The topological polar surface area (TPSA) is 43.8 Å². The summed E-state index contributed by atoms with van der Waals surface area (Å²) >= 11 is 0. The molecular formula is C8H13N3. The minimum Gasteiger partial charge on any atom is -0.396 e. The molecule has 0 saturated heterocycles. The van der Waals surface area contributed by atoms with Gasteiger partial charge in [0.25, 0.3) is 0 Å². The van der Waals surface area contributed by atoms with Crippen molar-refractivity contribution >= 4 is 5.69 Å². The van der Waals surface area contributed by atoms with Gasteiger partial charge in [0, 0.05) is 13.0 Å². The molecule has 1 fully saturated rings. The van der Waals surface area contributed by atoms with Crippen molar-refractivity contribution in [3.8, 4) is 0 Å². The second-order valence-corrected chi connectivity index (χ2v) is 3.24. The van der Waals surface area contributed by atoms with Crippen LogP contribution in [-0.4, -0.2) is 9.78 Å². The SMILES string of the molecule is Cn1ncc(N)c1C1CCC1. The molecule has 1 aromatic rings. The summed E-state index contributed by atoms with van der Waals surface area (Å²) in [4.78, 5) is 0. The van der Waals surface area contributed by atoms with Gasteiger partial charge in [0.05, 0.1) is 17.6 Å². The molecule has 0 unspecified atom stereocenters. The molecule has 1 aliphatic rings. The summed E-state index contributed by atoms with van der Waals surface area (Å²) in [5.41, 5.74) is 7.86. The summed E-state index contributed by atoms with van der Waals surface area (Å²) < 4.78 is 1.90. The predicted molar refractivity (Wildman–Crippen MR) is 44.2 cm³/mol. The number of anilines is 1. The molecule has 0 aliphatic heterocycles. The van der Waals surface area contributed by atoms with Crippen molar-refractivity contribution < 1.29 is 0 Å². The van der Waals surface area contributed by atoms with Gasteiger partial charge < -0.3 is 5.73 Å². The van der Waals surface area contributed by atoms with Crippen LogP contribution in [0.3, 0.4) is 0 Å². The number of rotatable bonds is 1. The molecule has 2 rings (SSSR count). The zero-order valence-electron chi connectivity index (χ0n) is 6.75. The van der Waals surface area contributed by atoms with E-state index in [2.05, 4.69) is 5.10 Å². The van der Waals surface area contributed by atoms with E-state index in [0.29, 0.717) is 5.92 Å². The summed E-state index contributed by atoms with van der Waals surface area (Å²) in [7, 11) is 1.96. The van der Waals surface area contributed by atoms with Crippen molar-refractivity contribution in [2.24, 2.45) is 7.05 Å². The maximum absolute atomic E-state index is 5.77. The van der Waals surface area contributed by atoms with Gasteiger partial charge in [0.2, 0.25) is 0 Å². The molecule has 0 amide bonds. The molecule has 1 aromatic heterocycles. The summed E-state index contributed by atoms with van der Waals surface area (Å²) in [6, 6.07) is 0. The molecule has 1 saturated carbocycles. The highest BCUT2D eigenvalue weighted by atomic mass is 15.3. The summed E-state index contributed by atoms with van der Waals surface area (Å²) in [5, 5.41) is 4.11. The van der Waals surface area contributed by atoms with E-state index in [0.717, 1.165) is 5.69 Å². The van der Waals surface area contributed by atoms with Crippen molar-refractivity contribution in [2.75, 3.05) is 5.73 Å².